The van der Waals surface area contributed by atoms with E-state index in [0.29, 0.717) is 28.5 Å². The van der Waals surface area contributed by atoms with Crippen molar-refractivity contribution >= 4 is 17.6 Å². The molecule has 2 unspecified atom stereocenters. The molecule has 7 nitrogen and oxygen atoms in total. The molecular weight excluding hydrogens is 581 g/mol. The van der Waals surface area contributed by atoms with E-state index >= 15 is 0 Å². The van der Waals surface area contributed by atoms with Crippen molar-refractivity contribution < 1.29 is 23.4 Å². The third-order valence-electron chi connectivity index (χ3n) is 9.86. The van der Waals surface area contributed by atoms with Crippen molar-refractivity contribution in [3.8, 4) is 17.6 Å². The minimum absolute atomic E-state index is 0.0951. The molecule has 3 aromatic rings. The maximum absolute atomic E-state index is 14.8. The fourth-order valence-electron chi connectivity index (χ4n) is 6.93. The Morgan fingerprint density at radius 1 is 1.20 bits per heavy atom. The fourth-order valence-corrected chi connectivity index (χ4v) is 7.08. The van der Waals surface area contributed by atoms with Gasteiger partial charge in [-0.1, -0.05) is 29.8 Å². The van der Waals surface area contributed by atoms with Crippen molar-refractivity contribution in [1.29, 1.82) is 5.26 Å². The summed E-state index contributed by atoms with van der Waals surface area (Å²) < 4.78 is 32.3. The minimum Gasteiger partial charge on any atom is -0.469 e. The first kappa shape index (κ1) is 29.1. The highest BCUT2D eigenvalue weighted by Gasteiger charge is 2.47. The van der Waals surface area contributed by atoms with Gasteiger partial charge in [0.15, 0.2) is 11.5 Å². The molecule has 4 aliphatic rings. The number of likely N-dealkylation sites (tertiary alicyclic amines) is 1. The van der Waals surface area contributed by atoms with Gasteiger partial charge in [-0.2, -0.15) is 5.26 Å². The van der Waals surface area contributed by atoms with E-state index in [4.69, 9.17) is 30.8 Å². The third-order valence-corrected chi connectivity index (χ3v) is 10.1. The number of aromatic nitrogens is 1. The van der Waals surface area contributed by atoms with Crippen LogP contribution in [0.15, 0.2) is 48.7 Å². The van der Waals surface area contributed by atoms with Crippen LogP contribution in [0.3, 0.4) is 0 Å². The summed E-state index contributed by atoms with van der Waals surface area (Å²) in [7, 11) is 1.43. The van der Waals surface area contributed by atoms with Gasteiger partial charge in [-0.3, -0.25) is 14.7 Å². The standard InChI is InChI=1S/C35H35ClFN3O4/c1-34(28-7-6-24(36)15-29(28)37)43-31-5-3-4-25(32(31)44-34)21-8-12-40(13-9-21)19-30-22(17-35(20-38)10-11-35)14-23(18-39-30)26-16-27(26)33(41)42-2/h3-7,14-15,18,21,26-27H,8-13,16-17,19H2,1-2H3/t26?,27?,34-/m0/s1. The number of esters is 1. The molecule has 9 heteroatoms. The number of piperidine rings is 1. The Kier molecular flexibility index (Phi) is 7.30. The maximum Gasteiger partial charge on any atom is 0.309 e. The molecule has 0 N–H and O–H groups in total. The Bertz CT molecular complexity index is 1660. The predicted molar refractivity (Wildman–Crippen MR) is 162 cm³/mol. The predicted octanol–water partition coefficient (Wildman–Crippen LogP) is 7.02. The van der Waals surface area contributed by atoms with E-state index in [-0.39, 0.29) is 29.1 Å². The molecule has 0 amide bonds. The SMILES string of the molecule is COC(=O)C1CC1c1cnc(CN2CCC(c3cccc4c3O[C@@](C)(c3ccc(Cl)cc3F)O4)CC2)c(CC2(C#N)CC2)c1. The summed E-state index contributed by atoms with van der Waals surface area (Å²) in [4.78, 5) is 19.4. The second-order valence-corrected chi connectivity index (χ2v) is 13.4. The van der Waals surface area contributed by atoms with Crippen LogP contribution in [-0.4, -0.2) is 36.1 Å². The summed E-state index contributed by atoms with van der Waals surface area (Å²) in [6, 6.07) is 15.2. The molecule has 2 aliphatic heterocycles. The van der Waals surface area contributed by atoms with Gasteiger partial charge >= 0.3 is 5.97 Å². The maximum atomic E-state index is 14.8. The van der Waals surface area contributed by atoms with Gasteiger partial charge in [-0.15, -0.1) is 0 Å². The Labute approximate surface area is 261 Å². The van der Waals surface area contributed by atoms with E-state index in [9.17, 15) is 14.4 Å². The number of benzene rings is 2. The Hall–Kier alpha value is -3.67. The molecule has 44 heavy (non-hydrogen) atoms. The van der Waals surface area contributed by atoms with Gasteiger partial charge in [0.05, 0.1) is 35.8 Å². The number of nitriles is 1. The van der Waals surface area contributed by atoms with E-state index in [1.807, 2.05) is 18.3 Å². The number of methoxy groups -OCH3 is 1. The Morgan fingerprint density at radius 3 is 2.70 bits per heavy atom. The van der Waals surface area contributed by atoms with Crippen molar-refractivity contribution in [1.82, 2.24) is 9.88 Å². The summed E-state index contributed by atoms with van der Waals surface area (Å²) in [5.74, 6) is -0.285. The molecule has 2 aromatic carbocycles. The third kappa shape index (κ3) is 5.41. The number of carbonyl (C=O) groups excluding carboxylic acids is 1. The Morgan fingerprint density at radius 2 is 2.00 bits per heavy atom. The number of hydrogen-bond donors (Lipinski definition) is 0. The number of hydrogen-bond acceptors (Lipinski definition) is 7. The highest BCUT2D eigenvalue weighted by Crippen LogP contribution is 2.52. The highest BCUT2D eigenvalue weighted by atomic mass is 35.5. The number of fused-ring (bicyclic) bond motifs is 1. The molecule has 2 saturated carbocycles. The fraction of sp³-hybridized carbons (Fsp3) is 0.457. The number of pyridine rings is 1. The molecule has 0 radical (unpaired) electrons. The van der Waals surface area contributed by atoms with Crippen molar-refractivity contribution in [3.05, 3.63) is 87.4 Å². The summed E-state index contributed by atoms with van der Waals surface area (Å²) in [5.41, 5.74) is 4.31. The van der Waals surface area contributed by atoms with Gasteiger partial charge in [0, 0.05) is 30.3 Å². The van der Waals surface area contributed by atoms with Gasteiger partial charge < -0.3 is 14.2 Å². The average molecular weight is 616 g/mol. The van der Waals surface area contributed by atoms with Gasteiger partial charge in [-0.05, 0) is 98.8 Å². The van der Waals surface area contributed by atoms with Gasteiger partial charge in [0.2, 0.25) is 0 Å². The summed E-state index contributed by atoms with van der Waals surface area (Å²) in [6.45, 7) is 4.23. The van der Waals surface area contributed by atoms with Crippen LogP contribution in [0.25, 0.3) is 0 Å². The molecule has 3 heterocycles. The zero-order valence-electron chi connectivity index (χ0n) is 24.9. The van der Waals surface area contributed by atoms with Crippen LogP contribution in [0, 0.1) is 28.5 Å². The highest BCUT2D eigenvalue weighted by molar-refractivity contribution is 6.30. The number of rotatable bonds is 8. The van der Waals surface area contributed by atoms with Crippen LogP contribution >= 0.6 is 11.6 Å². The van der Waals surface area contributed by atoms with E-state index in [1.54, 1.807) is 19.1 Å². The number of nitrogens with zero attached hydrogens (tertiary/aromatic N) is 3. The molecule has 228 valence electrons. The van der Waals surface area contributed by atoms with E-state index in [2.05, 4.69) is 23.1 Å². The number of carbonyl (C=O) groups is 1. The lowest BCUT2D eigenvalue weighted by atomic mass is 9.88. The summed E-state index contributed by atoms with van der Waals surface area (Å²) in [5, 5.41) is 10.1. The molecule has 2 aliphatic carbocycles. The number of ether oxygens (including phenoxy) is 3. The van der Waals surface area contributed by atoms with Gasteiger partial charge in [0.1, 0.15) is 5.82 Å². The molecule has 3 fully saturated rings. The average Bonchev–Trinajstić information content (AvgIpc) is 3.94. The van der Waals surface area contributed by atoms with Crippen LogP contribution in [0.4, 0.5) is 4.39 Å². The Balaban J connectivity index is 1.04. The van der Waals surface area contributed by atoms with Crippen molar-refractivity contribution in [2.24, 2.45) is 11.3 Å². The zero-order valence-corrected chi connectivity index (χ0v) is 25.7. The van der Waals surface area contributed by atoms with Crippen molar-refractivity contribution in [3.63, 3.8) is 0 Å². The van der Waals surface area contributed by atoms with Crippen LogP contribution in [0.5, 0.6) is 11.5 Å². The zero-order chi connectivity index (χ0) is 30.6. The lowest BCUT2D eigenvalue weighted by Crippen LogP contribution is -2.34. The first-order chi connectivity index (χ1) is 21.2. The summed E-state index contributed by atoms with van der Waals surface area (Å²) in [6.07, 6.45) is 7.11. The normalized spacial score (nSPS) is 25.3. The first-order valence-electron chi connectivity index (χ1n) is 15.4. The molecular formula is C35H35ClFN3O4. The molecule has 1 aromatic heterocycles. The van der Waals surface area contributed by atoms with E-state index in [1.165, 1.54) is 13.2 Å². The smallest absolute Gasteiger partial charge is 0.309 e. The first-order valence-corrected chi connectivity index (χ1v) is 15.7. The van der Waals surface area contributed by atoms with Crippen molar-refractivity contribution in [2.75, 3.05) is 20.2 Å². The van der Waals surface area contributed by atoms with Crippen molar-refractivity contribution in [2.45, 2.75) is 69.6 Å². The quantitative estimate of drug-likeness (QED) is 0.252. The second-order valence-electron chi connectivity index (χ2n) is 12.9. The molecule has 0 spiro atoms. The van der Waals surface area contributed by atoms with Gasteiger partial charge in [0.25, 0.3) is 5.79 Å². The lowest BCUT2D eigenvalue weighted by Gasteiger charge is -2.33. The van der Waals surface area contributed by atoms with Crippen LogP contribution in [0.2, 0.25) is 5.02 Å². The van der Waals surface area contributed by atoms with Crippen LogP contribution in [-0.2, 0) is 28.3 Å². The van der Waals surface area contributed by atoms with Gasteiger partial charge in [-0.25, -0.2) is 4.39 Å². The lowest BCUT2D eigenvalue weighted by molar-refractivity contribution is -0.142. The molecule has 3 atom stereocenters. The second kappa shape index (κ2) is 11.0. The van der Waals surface area contributed by atoms with E-state index < -0.39 is 11.6 Å². The largest absolute Gasteiger partial charge is 0.469 e. The molecule has 1 saturated heterocycles. The monoisotopic (exact) mass is 615 g/mol. The number of para-hydroxylation sites is 1. The van der Waals surface area contributed by atoms with E-state index in [0.717, 1.165) is 74.1 Å². The minimum atomic E-state index is -1.28. The number of halogens is 2. The topological polar surface area (TPSA) is 84.7 Å². The summed E-state index contributed by atoms with van der Waals surface area (Å²) >= 11 is 5.98. The molecule has 7 rings (SSSR count). The molecule has 0 bridgehead atoms. The van der Waals surface area contributed by atoms with Crippen LogP contribution in [0.1, 0.15) is 78.8 Å². The van der Waals surface area contributed by atoms with Crippen LogP contribution < -0.4 is 9.47 Å².